The maximum Gasteiger partial charge on any atom is 0.146 e. The van der Waals surface area contributed by atoms with Gasteiger partial charge in [-0.1, -0.05) is 23.7 Å². The topological polar surface area (TPSA) is 20.3 Å². The number of carbonyl (C=O) groups is 1. The van der Waals surface area contributed by atoms with Crippen LogP contribution in [0.3, 0.4) is 0 Å². The highest BCUT2D eigenvalue weighted by molar-refractivity contribution is 6.31. The van der Waals surface area contributed by atoms with Gasteiger partial charge in [-0.2, -0.15) is 0 Å². The summed E-state index contributed by atoms with van der Waals surface area (Å²) in [7, 11) is 0. The normalized spacial score (nSPS) is 17.8. The van der Waals surface area contributed by atoms with Crippen LogP contribution in [-0.2, 0) is 11.3 Å². The number of halogens is 1. The first-order chi connectivity index (χ1) is 7.65. The maximum absolute atomic E-state index is 11.3. The molecule has 1 aromatic rings. The lowest BCUT2D eigenvalue weighted by Crippen LogP contribution is -2.35. The van der Waals surface area contributed by atoms with Gasteiger partial charge in [0.15, 0.2) is 0 Å². The lowest BCUT2D eigenvalue weighted by molar-refractivity contribution is -0.122. The molecule has 0 spiro atoms. The number of likely N-dealkylation sites (tertiary alicyclic amines) is 1. The number of piperidine rings is 1. The molecule has 2 nitrogen and oxygen atoms in total. The third-order valence-corrected chi connectivity index (χ3v) is 3.28. The molecule has 0 atom stereocenters. The Morgan fingerprint density at radius 1 is 1.44 bits per heavy atom. The van der Waals surface area contributed by atoms with E-state index < -0.39 is 0 Å². The van der Waals surface area contributed by atoms with Crippen LogP contribution < -0.4 is 0 Å². The minimum absolute atomic E-state index is 0.342. The summed E-state index contributed by atoms with van der Waals surface area (Å²) in [5.74, 6) is 0.342. The highest BCUT2D eigenvalue weighted by Crippen LogP contribution is 2.20. The number of Topliss-reactive ketones (excluding diaryl/α,β-unsaturated/α-hetero) is 1. The Bertz CT molecular complexity index is 403. The fourth-order valence-electron chi connectivity index (χ4n) is 2.06. The quantitative estimate of drug-likeness (QED) is 0.789. The molecular formula is C13H16ClNO. The van der Waals surface area contributed by atoms with Crippen molar-refractivity contribution in [3.8, 4) is 0 Å². The van der Waals surface area contributed by atoms with Gasteiger partial charge in [-0.15, -0.1) is 0 Å². The molecule has 1 aromatic carbocycles. The third kappa shape index (κ3) is 2.83. The van der Waals surface area contributed by atoms with Crippen LogP contribution in [0.25, 0.3) is 0 Å². The number of nitrogens with zero attached hydrogens (tertiary/aromatic N) is 1. The zero-order valence-electron chi connectivity index (χ0n) is 9.50. The Hall–Kier alpha value is -0.860. The predicted octanol–water partition coefficient (Wildman–Crippen LogP) is 2.81. The summed E-state index contributed by atoms with van der Waals surface area (Å²) >= 11 is 6.17. The molecule has 0 bridgehead atoms. The van der Waals surface area contributed by atoms with Crippen molar-refractivity contribution in [3.63, 3.8) is 0 Å². The van der Waals surface area contributed by atoms with Gasteiger partial charge in [0.1, 0.15) is 5.78 Å². The van der Waals surface area contributed by atoms with Crippen molar-refractivity contribution in [2.24, 2.45) is 0 Å². The lowest BCUT2D eigenvalue weighted by Gasteiger charge is -2.25. The molecule has 0 aromatic heterocycles. The van der Waals surface area contributed by atoms with E-state index in [1.165, 1.54) is 5.56 Å². The highest BCUT2D eigenvalue weighted by atomic mass is 35.5. The van der Waals surface area contributed by atoms with Gasteiger partial charge in [0.25, 0.3) is 0 Å². The zero-order chi connectivity index (χ0) is 11.5. The average Bonchev–Trinajstić information content (AvgIpc) is 2.22. The van der Waals surface area contributed by atoms with Crippen LogP contribution >= 0.6 is 11.6 Å². The predicted molar refractivity (Wildman–Crippen MR) is 65.7 cm³/mol. The third-order valence-electron chi connectivity index (χ3n) is 2.93. The molecule has 16 heavy (non-hydrogen) atoms. The van der Waals surface area contributed by atoms with Crippen molar-refractivity contribution in [1.82, 2.24) is 4.90 Å². The van der Waals surface area contributed by atoms with Gasteiger partial charge >= 0.3 is 0 Å². The van der Waals surface area contributed by atoms with Gasteiger partial charge < -0.3 is 0 Å². The molecule has 1 fully saturated rings. The van der Waals surface area contributed by atoms with Gasteiger partial charge in [0.2, 0.25) is 0 Å². The van der Waals surface area contributed by atoms with Crippen molar-refractivity contribution in [1.29, 1.82) is 0 Å². The van der Waals surface area contributed by atoms with Gasteiger partial charge in [0, 0.05) is 18.0 Å². The molecule has 2 rings (SSSR count). The minimum Gasteiger partial charge on any atom is -0.298 e. The second-order valence-electron chi connectivity index (χ2n) is 4.45. The first-order valence-electron chi connectivity index (χ1n) is 5.64. The molecule has 1 aliphatic heterocycles. The number of benzene rings is 1. The Balaban J connectivity index is 2.05. The molecule has 0 radical (unpaired) electrons. The fraction of sp³-hybridized carbons (Fsp3) is 0.462. The highest BCUT2D eigenvalue weighted by Gasteiger charge is 2.17. The number of ketones is 1. The van der Waals surface area contributed by atoms with Crippen LogP contribution in [0.2, 0.25) is 5.02 Å². The Morgan fingerprint density at radius 2 is 2.25 bits per heavy atom. The van der Waals surface area contributed by atoms with Crippen molar-refractivity contribution >= 4 is 17.4 Å². The van der Waals surface area contributed by atoms with Crippen LogP contribution in [0.1, 0.15) is 24.0 Å². The second kappa shape index (κ2) is 4.98. The molecule has 0 saturated carbocycles. The number of hydrogen-bond donors (Lipinski definition) is 0. The van der Waals surface area contributed by atoms with E-state index in [0.717, 1.165) is 36.5 Å². The van der Waals surface area contributed by atoms with Crippen LogP contribution in [0, 0.1) is 6.92 Å². The van der Waals surface area contributed by atoms with Crippen molar-refractivity contribution in [2.75, 3.05) is 13.1 Å². The monoisotopic (exact) mass is 237 g/mol. The second-order valence-corrected chi connectivity index (χ2v) is 4.85. The summed E-state index contributed by atoms with van der Waals surface area (Å²) in [6, 6.07) is 6.09. The number of aryl methyl sites for hydroxylation is 1. The number of rotatable bonds is 2. The Morgan fingerprint density at radius 3 is 2.94 bits per heavy atom. The standard InChI is InChI=1S/C13H16ClNO/c1-10-4-5-11(13(14)7-10)8-15-6-2-3-12(16)9-15/h4-5,7H,2-3,6,8-9H2,1H3. The zero-order valence-corrected chi connectivity index (χ0v) is 10.3. The molecule has 0 unspecified atom stereocenters. The molecular weight excluding hydrogens is 222 g/mol. The molecule has 0 N–H and O–H groups in total. The van der Waals surface area contributed by atoms with E-state index in [9.17, 15) is 4.79 Å². The molecule has 86 valence electrons. The van der Waals surface area contributed by atoms with E-state index in [1.807, 2.05) is 13.0 Å². The van der Waals surface area contributed by atoms with Crippen LogP contribution in [0.15, 0.2) is 18.2 Å². The summed E-state index contributed by atoms with van der Waals surface area (Å²) in [5.41, 5.74) is 2.28. The first-order valence-corrected chi connectivity index (χ1v) is 6.02. The van der Waals surface area contributed by atoms with Crippen molar-refractivity contribution < 1.29 is 4.79 Å². The van der Waals surface area contributed by atoms with Crippen molar-refractivity contribution in [3.05, 3.63) is 34.3 Å². The van der Waals surface area contributed by atoms with Crippen LogP contribution in [0.5, 0.6) is 0 Å². The van der Waals surface area contributed by atoms with E-state index in [4.69, 9.17) is 11.6 Å². The SMILES string of the molecule is Cc1ccc(CN2CCCC(=O)C2)c(Cl)c1. The molecule has 1 aliphatic rings. The number of hydrogen-bond acceptors (Lipinski definition) is 2. The smallest absolute Gasteiger partial charge is 0.146 e. The van der Waals surface area contributed by atoms with E-state index in [0.29, 0.717) is 12.3 Å². The average molecular weight is 238 g/mol. The largest absolute Gasteiger partial charge is 0.298 e. The van der Waals surface area contributed by atoms with Crippen LogP contribution in [0.4, 0.5) is 0 Å². The summed E-state index contributed by atoms with van der Waals surface area (Å²) < 4.78 is 0. The number of carbonyl (C=O) groups excluding carboxylic acids is 1. The molecule has 1 saturated heterocycles. The first kappa shape index (κ1) is 11.6. The summed E-state index contributed by atoms with van der Waals surface area (Å²) in [6.45, 7) is 4.38. The lowest BCUT2D eigenvalue weighted by atomic mass is 10.1. The Kier molecular flexibility index (Phi) is 3.62. The van der Waals surface area contributed by atoms with E-state index in [-0.39, 0.29) is 0 Å². The van der Waals surface area contributed by atoms with Crippen LogP contribution in [-0.4, -0.2) is 23.8 Å². The fourth-order valence-corrected chi connectivity index (χ4v) is 2.36. The van der Waals surface area contributed by atoms with Gasteiger partial charge in [-0.05, 0) is 37.1 Å². The van der Waals surface area contributed by atoms with E-state index >= 15 is 0 Å². The van der Waals surface area contributed by atoms with E-state index in [1.54, 1.807) is 0 Å². The van der Waals surface area contributed by atoms with Gasteiger partial charge in [-0.25, -0.2) is 0 Å². The molecule has 3 heteroatoms. The maximum atomic E-state index is 11.3. The minimum atomic E-state index is 0.342. The van der Waals surface area contributed by atoms with E-state index in [2.05, 4.69) is 17.0 Å². The molecule has 0 aliphatic carbocycles. The van der Waals surface area contributed by atoms with Crippen molar-refractivity contribution in [2.45, 2.75) is 26.3 Å². The summed E-state index contributed by atoms with van der Waals surface area (Å²) in [6.07, 6.45) is 1.71. The molecule has 1 heterocycles. The van der Waals surface area contributed by atoms with Gasteiger partial charge in [-0.3, -0.25) is 9.69 Å². The summed E-state index contributed by atoms with van der Waals surface area (Å²) in [5, 5.41) is 0.804. The summed E-state index contributed by atoms with van der Waals surface area (Å²) in [4.78, 5) is 13.5. The molecule has 0 amide bonds. The van der Waals surface area contributed by atoms with Gasteiger partial charge in [0.05, 0.1) is 6.54 Å². The Labute approximate surface area is 101 Å².